The van der Waals surface area contributed by atoms with Crippen LogP contribution in [0.4, 0.5) is 11.4 Å². The summed E-state index contributed by atoms with van der Waals surface area (Å²) in [5, 5.41) is 0. The molecule has 0 aromatic heterocycles. The molecule has 2 aromatic carbocycles. The second-order valence-electron chi connectivity index (χ2n) is 6.69. The van der Waals surface area contributed by atoms with E-state index in [1.54, 1.807) is 0 Å². The molecule has 2 nitrogen and oxygen atoms in total. The van der Waals surface area contributed by atoms with Gasteiger partial charge in [0.25, 0.3) is 0 Å². The van der Waals surface area contributed by atoms with Crippen molar-refractivity contribution in [1.29, 1.82) is 0 Å². The van der Waals surface area contributed by atoms with E-state index in [2.05, 4.69) is 58.3 Å². The smallest absolute Gasteiger partial charge is 0.0547 e. The van der Waals surface area contributed by atoms with Crippen LogP contribution < -0.4 is 9.80 Å². The highest BCUT2D eigenvalue weighted by Crippen LogP contribution is 2.40. The van der Waals surface area contributed by atoms with E-state index in [0.717, 1.165) is 0 Å². The normalized spacial score (nSPS) is 18.4. The Kier molecular flexibility index (Phi) is 4.23. The first-order valence-corrected chi connectivity index (χ1v) is 9.03. The van der Waals surface area contributed by atoms with E-state index in [1.165, 1.54) is 80.8 Å². The van der Waals surface area contributed by atoms with Gasteiger partial charge in [0.1, 0.15) is 0 Å². The van der Waals surface area contributed by atoms with Crippen molar-refractivity contribution in [3.05, 3.63) is 48.5 Å². The molecule has 2 aliphatic rings. The van der Waals surface area contributed by atoms with E-state index < -0.39 is 0 Å². The molecule has 4 rings (SSSR count). The average molecular weight is 305 g/mol. The number of hydrogen-bond acceptors (Lipinski definition) is 2. The lowest BCUT2D eigenvalue weighted by Gasteiger charge is -2.33. The summed E-state index contributed by atoms with van der Waals surface area (Å²) in [7, 11) is 0. The lowest BCUT2D eigenvalue weighted by Crippen LogP contribution is -2.30. The zero-order chi connectivity index (χ0) is 15.5. The van der Waals surface area contributed by atoms with Crippen molar-refractivity contribution in [1.82, 2.24) is 0 Å². The van der Waals surface area contributed by atoms with Crippen molar-refractivity contribution in [3.63, 3.8) is 0 Å². The van der Waals surface area contributed by atoms with E-state index in [9.17, 15) is 0 Å². The maximum absolute atomic E-state index is 3.57. The van der Waals surface area contributed by atoms with E-state index in [4.69, 9.17) is 0 Å². The van der Waals surface area contributed by atoms with Gasteiger partial charge in [-0.1, -0.05) is 36.4 Å². The molecule has 2 aliphatic heterocycles. The fourth-order valence-corrected chi connectivity index (χ4v) is 3.95. The summed E-state index contributed by atoms with van der Waals surface area (Å²) in [6, 6.07) is 18.9. The van der Waals surface area contributed by atoms with Crippen molar-refractivity contribution in [2.24, 2.45) is 0 Å². The summed E-state index contributed by atoms with van der Waals surface area (Å²) in [6.45, 7) is 4.70. The van der Waals surface area contributed by atoms with Crippen LogP contribution in [0.1, 0.15) is 32.1 Å². The van der Waals surface area contributed by atoms with Crippen LogP contribution in [0.3, 0.4) is 0 Å². The van der Waals surface area contributed by atoms with Gasteiger partial charge in [-0.05, 0) is 43.7 Å². The third-order valence-electron chi connectivity index (χ3n) is 5.14. The summed E-state index contributed by atoms with van der Waals surface area (Å²) in [5.74, 6) is 0. The fraction of sp³-hybridized carbons (Fsp3) is 0.429. The molecule has 2 aromatic rings. The minimum atomic E-state index is 1.17. The van der Waals surface area contributed by atoms with Crippen LogP contribution in [0.25, 0.3) is 11.1 Å². The molecular weight excluding hydrogens is 280 g/mol. The van der Waals surface area contributed by atoms with E-state index in [0.29, 0.717) is 0 Å². The van der Waals surface area contributed by atoms with Gasteiger partial charge >= 0.3 is 0 Å². The summed E-state index contributed by atoms with van der Waals surface area (Å²) in [5.41, 5.74) is 5.41. The number of rotatable bonds is 3. The lowest BCUT2D eigenvalue weighted by molar-refractivity contribution is 0.578. The van der Waals surface area contributed by atoms with E-state index >= 15 is 0 Å². The molecule has 2 heteroatoms. The van der Waals surface area contributed by atoms with Crippen LogP contribution in [0.15, 0.2) is 42.5 Å². The predicted molar refractivity (Wildman–Crippen MR) is 98.2 cm³/mol. The molecule has 0 unspecified atom stereocenters. The van der Waals surface area contributed by atoms with Gasteiger partial charge < -0.3 is 9.80 Å². The maximum atomic E-state index is 3.57. The van der Waals surface area contributed by atoms with Crippen LogP contribution >= 0.6 is 0 Å². The quantitative estimate of drug-likeness (QED) is 0.808. The summed E-state index contributed by atoms with van der Waals surface area (Å²) in [4.78, 5) is 5.11. The Labute approximate surface area is 139 Å². The van der Waals surface area contributed by atoms with Gasteiger partial charge in [-0.2, -0.15) is 0 Å². The Bertz CT molecular complexity index is 638. The monoisotopic (exact) mass is 305 g/mol. The first-order valence-electron chi connectivity index (χ1n) is 9.03. The van der Waals surface area contributed by atoms with Gasteiger partial charge in [0.2, 0.25) is 0 Å². The molecule has 23 heavy (non-hydrogen) atoms. The molecule has 0 atom stereocenters. The molecule has 0 N–H and O–H groups in total. The number of benzene rings is 2. The fourth-order valence-electron chi connectivity index (χ4n) is 3.95. The number of anilines is 2. The topological polar surface area (TPSA) is 6.48 Å². The van der Waals surface area contributed by atoms with Crippen LogP contribution in [0.5, 0.6) is 0 Å². The van der Waals surface area contributed by atoms with E-state index in [1.807, 2.05) is 0 Å². The van der Waals surface area contributed by atoms with Crippen molar-refractivity contribution in [3.8, 4) is 11.1 Å². The first-order chi connectivity index (χ1) is 11.4. The Morgan fingerprint density at radius 2 is 1.35 bits per heavy atom. The summed E-state index contributed by atoms with van der Waals surface area (Å²) < 4.78 is 0. The Balaban J connectivity index is 1.82. The van der Waals surface area contributed by atoms with Gasteiger partial charge in [0.05, 0.1) is 5.69 Å². The average Bonchev–Trinajstić information content (AvgIpc) is 3.17. The first kappa shape index (κ1) is 14.6. The maximum Gasteiger partial charge on any atom is 0.0547 e. The predicted octanol–water partition coefficient (Wildman–Crippen LogP) is 4.74. The molecule has 1 radical (unpaired) electrons. The molecule has 2 saturated heterocycles. The largest absolute Gasteiger partial charge is 0.371 e. The Hall–Kier alpha value is -1.96. The van der Waals surface area contributed by atoms with Gasteiger partial charge in [0.15, 0.2) is 0 Å². The molecule has 0 aliphatic carbocycles. The van der Waals surface area contributed by atoms with Gasteiger partial charge in [-0.3, -0.25) is 0 Å². The molecule has 0 amide bonds. The van der Waals surface area contributed by atoms with Gasteiger partial charge in [0, 0.05) is 43.5 Å². The highest BCUT2D eigenvalue weighted by molar-refractivity contribution is 5.89. The van der Waals surface area contributed by atoms with E-state index in [-0.39, 0.29) is 0 Å². The third-order valence-corrected chi connectivity index (χ3v) is 5.14. The van der Waals surface area contributed by atoms with Crippen LogP contribution in [0.2, 0.25) is 0 Å². The standard InChI is InChI=1S/C21H25N2/c1-3-10-18(11-4-1)21-19(22-14-5-2-6-15-22)12-9-13-20(21)23-16-7-8-17-23/h1,3-4,9-11,13H,2,5-8,14-17H2. The zero-order valence-corrected chi connectivity index (χ0v) is 13.8. The number of piperidine rings is 1. The Morgan fingerprint density at radius 1 is 0.696 bits per heavy atom. The van der Waals surface area contributed by atoms with Crippen LogP contribution in [-0.4, -0.2) is 26.2 Å². The van der Waals surface area contributed by atoms with Crippen molar-refractivity contribution in [2.45, 2.75) is 32.1 Å². The van der Waals surface area contributed by atoms with Crippen molar-refractivity contribution in [2.75, 3.05) is 36.0 Å². The molecular formula is C21H25N2. The van der Waals surface area contributed by atoms with Crippen molar-refractivity contribution >= 4 is 11.4 Å². The van der Waals surface area contributed by atoms with Crippen molar-refractivity contribution < 1.29 is 0 Å². The molecule has 119 valence electrons. The lowest BCUT2D eigenvalue weighted by atomic mass is 9.98. The molecule has 2 heterocycles. The molecule has 2 fully saturated rings. The van der Waals surface area contributed by atoms with Crippen LogP contribution in [-0.2, 0) is 0 Å². The number of hydrogen-bond donors (Lipinski definition) is 0. The second kappa shape index (κ2) is 6.66. The Morgan fingerprint density at radius 3 is 2.09 bits per heavy atom. The highest BCUT2D eigenvalue weighted by Gasteiger charge is 2.22. The third kappa shape index (κ3) is 2.95. The number of nitrogens with zero attached hydrogens (tertiary/aromatic N) is 2. The molecule has 0 bridgehead atoms. The van der Waals surface area contributed by atoms with Gasteiger partial charge in [-0.25, -0.2) is 0 Å². The minimum absolute atomic E-state index is 1.17. The molecule has 0 spiro atoms. The zero-order valence-electron chi connectivity index (χ0n) is 13.8. The summed E-state index contributed by atoms with van der Waals surface area (Å²) in [6.07, 6.45) is 6.59. The van der Waals surface area contributed by atoms with Crippen LogP contribution in [0, 0.1) is 6.07 Å². The highest BCUT2D eigenvalue weighted by atomic mass is 15.2. The van der Waals surface area contributed by atoms with Gasteiger partial charge in [-0.15, -0.1) is 0 Å². The SMILES string of the molecule is [c]1ccc(N2CCCC2)c(-c2ccccc2)c1N1CCCCC1. The second-order valence-corrected chi connectivity index (χ2v) is 6.69. The summed E-state index contributed by atoms with van der Waals surface area (Å²) >= 11 is 0. The molecule has 0 saturated carbocycles. The minimum Gasteiger partial charge on any atom is -0.371 e.